The Morgan fingerprint density at radius 1 is 1.28 bits per heavy atom. The van der Waals surface area contributed by atoms with Crippen molar-refractivity contribution in [3.05, 3.63) is 64.3 Å². The van der Waals surface area contributed by atoms with E-state index in [1.54, 1.807) is 19.3 Å². The zero-order valence-corrected chi connectivity index (χ0v) is 18.8. The lowest BCUT2D eigenvalue weighted by molar-refractivity contribution is 0.0963. The van der Waals surface area contributed by atoms with Crippen LogP contribution in [0.4, 0.5) is 15.9 Å². The van der Waals surface area contributed by atoms with Crippen LogP contribution in [-0.4, -0.2) is 27.9 Å². The molecular formula is C24H25ClFN5O. The minimum absolute atomic E-state index is 0.251. The third kappa shape index (κ3) is 4.43. The molecule has 2 N–H and O–H groups in total. The lowest BCUT2D eigenvalue weighted by Gasteiger charge is -2.18. The van der Waals surface area contributed by atoms with Crippen molar-refractivity contribution in [2.24, 2.45) is 0 Å². The van der Waals surface area contributed by atoms with Crippen molar-refractivity contribution in [1.82, 2.24) is 20.3 Å². The number of hydrogen-bond acceptors (Lipinski definition) is 5. The molecule has 1 aliphatic rings. The molecule has 4 rings (SSSR count). The predicted molar refractivity (Wildman–Crippen MR) is 124 cm³/mol. The van der Waals surface area contributed by atoms with Crippen molar-refractivity contribution in [3.8, 4) is 11.4 Å². The van der Waals surface area contributed by atoms with E-state index in [9.17, 15) is 9.18 Å². The van der Waals surface area contributed by atoms with Gasteiger partial charge in [-0.2, -0.15) is 0 Å². The van der Waals surface area contributed by atoms with Gasteiger partial charge in [0.05, 0.1) is 22.5 Å². The van der Waals surface area contributed by atoms with Crippen LogP contribution < -0.4 is 10.6 Å². The first-order valence-electron chi connectivity index (χ1n) is 10.8. The molecule has 166 valence electrons. The third-order valence-corrected chi connectivity index (χ3v) is 6.02. The van der Waals surface area contributed by atoms with Gasteiger partial charge in [0.2, 0.25) is 0 Å². The summed E-state index contributed by atoms with van der Waals surface area (Å²) in [5.41, 5.74) is 3.19. The Hall–Kier alpha value is -3.06. The number of halogens is 2. The van der Waals surface area contributed by atoms with Crippen molar-refractivity contribution in [1.29, 1.82) is 0 Å². The lowest BCUT2D eigenvalue weighted by Crippen LogP contribution is -2.19. The number of hydrogen-bond donors (Lipinski definition) is 2. The molecule has 1 amide bonds. The number of nitrogens with zero attached hydrogens (tertiary/aromatic N) is 3. The van der Waals surface area contributed by atoms with E-state index in [0.717, 1.165) is 43.4 Å². The summed E-state index contributed by atoms with van der Waals surface area (Å²) < 4.78 is 14.6. The van der Waals surface area contributed by atoms with Gasteiger partial charge in [0.15, 0.2) is 5.82 Å². The van der Waals surface area contributed by atoms with Crippen molar-refractivity contribution in [3.63, 3.8) is 0 Å². The zero-order chi connectivity index (χ0) is 22.7. The van der Waals surface area contributed by atoms with Gasteiger partial charge in [-0.25, -0.2) is 14.4 Å². The Bertz CT molecular complexity index is 1150. The molecule has 0 spiro atoms. The monoisotopic (exact) mass is 453 g/mol. The predicted octanol–water partition coefficient (Wildman–Crippen LogP) is 5.65. The minimum Gasteiger partial charge on any atom is -0.355 e. The van der Waals surface area contributed by atoms with Crippen LogP contribution in [0, 0.1) is 5.82 Å². The summed E-state index contributed by atoms with van der Waals surface area (Å²) in [6, 6.07) is 6.08. The van der Waals surface area contributed by atoms with E-state index >= 15 is 0 Å². The average molecular weight is 454 g/mol. The second-order valence-corrected chi connectivity index (χ2v) is 8.32. The molecule has 1 atom stereocenters. The van der Waals surface area contributed by atoms with Gasteiger partial charge in [0, 0.05) is 30.0 Å². The second-order valence-electron chi connectivity index (χ2n) is 7.88. The topological polar surface area (TPSA) is 79.8 Å². The normalized spacial score (nSPS) is 14.8. The van der Waals surface area contributed by atoms with Crippen LogP contribution in [0.25, 0.3) is 11.4 Å². The summed E-state index contributed by atoms with van der Waals surface area (Å²) in [4.78, 5) is 25.9. The Balaban J connectivity index is 1.84. The maximum absolute atomic E-state index is 14.6. The Labute approximate surface area is 191 Å². The standard InChI is InChI=1S/C24H25ClFN5O/c1-3-4-5-14-6-9-20-21(14)23(29-19-10-11-28-13-17(19)24(32)27-2)31-22(30-20)16-12-15(25)7-8-18(16)26/h7-8,10-14H,3-6,9H2,1-2H3,(H,27,32)(H,28,29,30,31). The molecule has 0 saturated heterocycles. The van der Waals surface area contributed by atoms with Crippen LogP contribution in [0.1, 0.15) is 60.1 Å². The van der Waals surface area contributed by atoms with Crippen LogP contribution in [-0.2, 0) is 6.42 Å². The number of pyridine rings is 1. The maximum atomic E-state index is 14.6. The Morgan fingerprint density at radius 3 is 2.91 bits per heavy atom. The van der Waals surface area contributed by atoms with Crippen molar-refractivity contribution in [2.75, 3.05) is 12.4 Å². The van der Waals surface area contributed by atoms with Gasteiger partial charge in [-0.1, -0.05) is 31.4 Å². The second kappa shape index (κ2) is 9.61. The maximum Gasteiger partial charge on any atom is 0.254 e. The number of carbonyl (C=O) groups excluding carboxylic acids is 1. The Kier molecular flexibility index (Phi) is 6.65. The number of carbonyl (C=O) groups is 1. The van der Waals surface area contributed by atoms with E-state index in [0.29, 0.717) is 28.0 Å². The highest BCUT2D eigenvalue weighted by Crippen LogP contribution is 2.42. The van der Waals surface area contributed by atoms with Gasteiger partial charge in [-0.15, -0.1) is 0 Å². The van der Waals surface area contributed by atoms with E-state index in [4.69, 9.17) is 21.6 Å². The number of fused-ring (bicyclic) bond motifs is 1. The van der Waals surface area contributed by atoms with Crippen molar-refractivity contribution >= 4 is 29.0 Å². The number of unbranched alkanes of at least 4 members (excludes halogenated alkanes) is 1. The fourth-order valence-corrected chi connectivity index (χ4v) is 4.33. The first-order valence-corrected chi connectivity index (χ1v) is 11.2. The molecule has 1 aliphatic carbocycles. The van der Waals surface area contributed by atoms with Crippen LogP contribution >= 0.6 is 11.6 Å². The van der Waals surface area contributed by atoms with E-state index in [2.05, 4.69) is 22.5 Å². The molecule has 1 unspecified atom stereocenters. The van der Waals surface area contributed by atoms with Gasteiger partial charge in [-0.3, -0.25) is 9.78 Å². The molecule has 8 heteroatoms. The fourth-order valence-electron chi connectivity index (χ4n) is 4.16. The van der Waals surface area contributed by atoms with Crippen molar-refractivity contribution in [2.45, 2.75) is 44.9 Å². The van der Waals surface area contributed by atoms with E-state index < -0.39 is 5.82 Å². The molecule has 0 fully saturated rings. The van der Waals surface area contributed by atoms with E-state index in [1.807, 2.05) is 0 Å². The zero-order valence-electron chi connectivity index (χ0n) is 18.1. The minimum atomic E-state index is -0.434. The molecule has 32 heavy (non-hydrogen) atoms. The molecule has 2 heterocycles. The summed E-state index contributed by atoms with van der Waals surface area (Å²) in [7, 11) is 1.57. The first kappa shape index (κ1) is 22.1. The van der Waals surface area contributed by atoms with Gasteiger partial charge in [0.1, 0.15) is 11.6 Å². The average Bonchev–Trinajstić information content (AvgIpc) is 3.22. The van der Waals surface area contributed by atoms with Gasteiger partial charge in [-0.05, 0) is 49.4 Å². The molecule has 3 aromatic rings. The molecule has 6 nitrogen and oxygen atoms in total. The number of benzene rings is 1. The number of aromatic nitrogens is 3. The summed E-state index contributed by atoms with van der Waals surface area (Å²) in [5.74, 6) is 0.499. The Morgan fingerprint density at radius 2 is 2.12 bits per heavy atom. The molecular weight excluding hydrogens is 429 g/mol. The molecule has 0 saturated carbocycles. The highest BCUT2D eigenvalue weighted by Gasteiger charge is 2.29. The lowest BCUT2D eigenvalue weighted by atomic mass is 9.96. The van der Waals surface area contributed by atoms with Crippen LogP contribution in [0.15, 0.2) is 36.7 Å². The van der Waals surface area contributed by atoms with E-state index in [-0.39, 0.29) is 17.3 Å². The third-order valence-electron chi connectivity index (χ3n) is 5.78. The number of amides is 1. The molecule has 2 aromatic heterocycles. The number of rotatable bonds is 7. The van der Waals surface area contributed by atoms with E-state index in [1.165, 1.54) is 24.4 Å². The summed E-state index contributed by atoms with van der Waals surface area (Å²) >= 11 is 6.12. The van der Waals surface area contributed by atoms with Crippen LogP contribution in [0.5, 0.6) is 0 Å². The smallest absolute Gasteiger partial charge is 0.254 e. The van der Waals surface area contributed by atoms with Crippen molar-refractivity contribution < 1.29 is 9.18 Å². The fraction of sp³-hybridized carbons (Fsp3) is 0.333. The van der Waals surface area contributed by atoms with Crippen LogP contribution in [0.2, 0.25) is 5.02 Å². The summed E-state index contributed by atoms with van der Waals surface area (Å²) in [6.07, 6.45) is 8.13. The quantitative estimate of drug-likeness (QED) is 0.483. The number of nitrogens with one attached hydrogen (secondary N) is 2. The summed E-state index contributed by atoms with van der Waals surface area (Å²) in [5, 5.41) is 6.38. The largest absolute Gasteiger partial charge is 0.355 e. The molecule has 1 aromatic carbocycles. The summed E-state index contributed by atoms with van der Waals surface area (Å²) in [6.45, 7) is 2.17. The highest BCUT2D eigenvalue weighted by molar-refractivity contribution is 6.30. The highest BCUT2D eigenvalue weighted by atomic mass is 35.5. The number of aryl methyl sites for hydroxylation is 1. The van der Waals surface area contributed by atoms with Gasteiger partial charge in [0.25, 0.3) is 5.91 Å². The van der Waals surface area contributed by atoms with Gasteiger partial charge < -0.3 is 10.6 Å². The molecule has 0 radical (unpaired) electrons. The molecule has 0 bridgehead atoms. The van der Waals surface area contributed by atoms with Crippen LogP contribution in [0.3, 0.4) is 0 Å². The van der Waals surface area contributed by atoms with Gasteiger partial charge >= 0.3 is 0 Å². The molecule has 0 aliphatic heterocycles. The first-order chi connectivity index (χ1) is 15.5. The number of anilines is 2. The SMILES string of the molecule is CCCCC1CCc2nc(-c3cc(Cl)ccc3F)nc(Nc3ccncc3C(=O)NC)c21.